The molecule has 1 amide bonds. The maximum absolute atomic E-state index is 12.6. The van der Waals surface area contributed by atoms with Crippen LogP contribution in [0.2, 0.25) is 0 Å². The molecule has 0 atom stereocenters. The SMILES string of the molecule is Cc1cccc(N(C)C(=O)c2c[nH]c3ccccc23)c1. The number of rotatable bonds is 2. The van der Waals surface area contributed by atoms with Crippen LogP contribution in [0.3, 0.4) is 0 Å². The molecule has 1 heterocycles. The van der Waals surface area contributed by atoms with E-state index in [0.29, 0.717) is 5.56 Å². The predicted octanol–water partition coefficient (Wildman–Crippen LogP) is 3.75. The van der Waals surface area contributed by atoms with Crippen LogP contribution in [-0.4, -0.2) is 17.9 Å². The number of carbonyl (C=O) groups excluding carboxylic acids is 1. The number of H-pyrrole nitrogens is 1. The molecule has 2 aromatic carbocycles. The molecule has 0 saturated heterocycles. The Balaban J connectivity index is 2.00. The zero-order chi connectivity index (χ0) is 14.1. The first-order valence-electron chi connectivity index (χ1n) is 6.57. The number of aromatic amines is 1. The van der Waals surface area contributed by atoms with Crippen molar-refractivity contribution in [2.24, 2.45) is 0 Å². The molecule has 0 spiro atoms. The molecule has 0 bridgehead atoms. The van der Waals surface area contributed by atoms with Crippen molar-refractivity contribution in [2.75, 3.05) is 11.9 Å². The summed E-state index contributed by atoms with van der Waals surface area (Å²) in [5, 5.41) is 0.956. The number of para-hydroxylation sites is 1. The Morgan fingerprint density at radius 1 is 1.10 bits per heavy atom. The zero-order valence-corrected chi connectivity index (χ0v) is 11.6. The predicted molar refractivity (Wildman–Crippen MR) is 82.2 cm³/mol. The standard InChI is InChI=1S/C17H16N2O/c1-12-6-5-7-13(10-12)19(2)17(20)15-11-18-16-9-4-3-8-14(15)16/h3-11,18H,1-2H3. The average Bonchev–Trinajstić information content (AvgIpc) is 2.89. The van der Waals surface area contributed by atoms with Crippen LogP contribution >= 0.6 is 0 Å². The van der Waals surface area contributed by atoms with Crippen LogP contribution in [0.1, 0.15) is 15.9 Å². The smallest absolute Gasteiger partial charge is 0.260 e. The highest BCUT2D eigenvalue weighted by molar-refractivity contribution is 6.13. The molecule has 0 unspecified atom stereocenters. The van der Waals surface area contributed by atoms with Crippen LogP contribution in [-0.2, 0) is 0 Å². The molecular weight excluding hydrogens is 248 g/mol. The summed E-state index contributed by atoms with van der Waals surface area (Å²) in [7, 11) is 1.80. The molecule has 0 aliphatic rings. The van der Waals surface area contributed by atoms with E-state index < -0.39 is 0 Å². The summed E-state index contributed by atoms with van der Waals surface area (Å²) in [6, 6.07) is 15.8. The highest BCUT2D eigenvalue weighted by Gasteiger charge is 2.17. The van der Waals surface area contributed by atoms with Gasteiger partial charge in [0.2, 0.25) is 0 Å². The Hall–Kier alpha value is -2.55. The minimum absolute atomic E-state index is 0.00644. The van der Waals surface area contributed by atoms with Gasteiger partial charge in [-0.15, -0.1) is 0 Å². The lowest BCUT2D eigenvalue weighted by Crippen LogP contribution is -2.26. The van der Waals surface area contributed by atoms with Gasteiger partial charge in [-0.2, -0.15) is 0 Å². The number of fused-ring (bicyclic) bond motifs is 1. The third kappa shape index (κ3) is 2.07. The van der Waals surface area contributed by atoms with E-state index in [4.69, 9.17) is 0 Å². The van der Waals surface area contributed by atoms with Crippen molar-refractivity contribution in [1.29, 1.82) is 0 Å². The number of carbonyl (C=O) groups is 1. The van der Waals surface area contributed by atoms with E-state index in [2.05, 4.69) is 4.98 Å². The van der Waals surface area contributed by atoms with Crippen LogP contribution in [0, 0.1) is 6.92 Å². The number of nitrogens with one attached hydrogen (secondary N) is 1. The minimum atomic E-state index is -0.00644. The normalized spacial score (nSPS) is 10.7. The lowest BCUT2D eigenvalue weighted by Gasteiger charge is -2.17. The number of amides is 1. The van der Waals surface area contributed by atoms with Crippen molar-refractivity contribution in [1.82, 2.24) is 4.98 Å². The summed E-state index contributed by atoms with van der Waals surface area (Å²) in [6.07, 6.45) is 1.78. The summed E-state index contributed by atoms with van der Waals surface area (Å²) < 4.78 is 0. The van der Waals surface area contributed by atoms with E-state index >= 15 is 0 Å². The quantitative estimate of drug-likeness (QED) is 0.751. The van der Waals surface area contributed by atoms with Gasteiger partial charge < -0.3 is 9.88 Å². The van der Waals surface area contributed by atoms with Crippen molar-refractivity contribution >= 4 is 22.5 Å². The summed E-state index contributed by atoms with van der Waals surface area (Å²) in [5.74, 6) is -0.00644. The van der Waals surface area contributed by atoms with Crippen LogP contribution in [0.15, 0.2) is 54.7 Å². The second-order valence-electron chi connectivity index (χ2n) is 4.95. The van der Waals surface area contributed by atoms with Gasteiger partial charge in [0.15, 0.2) is 0 Å². The molecular formula is C17H16N2O. The first-order valence-corrected chi connectivity index (χ1v) is 6.57. The summed E-state index contributed by atoms with van der Waals surface area (Å²) in [4.78, 5) is 17.5. The summed E-state index contributed by atoms with van der Waals surface area (Å²) >= 11 is 0. The fourth-order valence-corrected chi connectivity index (χ4v) is 2.38. The lowest BCUT2D eigenvalue weighted by atomic mass is 10.1. The summed E-state index contributed by atoms with van der Waals surface area (Å²) in [6.45, 7) is 2.02. The Bertz CT molecular complexity index is 773. The Morgan fingerprint density at radius 2 is 1.90 bits per heavy atom. The molecule has 0 aliphatic heterocycles. The molecule has 0 aliphatic carbocycles. The number of hydrogen-bond acceptors (Lipinski definition) is 1. The van der Waals surface area contributed by atoms with Gasteiger partial charge in [-0.05, 0) is 30.7 Å². The number of nitrogens with zero attached hydrogens (tertiary/aromatic N) is 1. The fraction of sp³-hybridized carbons (Fsp3) is 0.118. The van der Waals surface area contributed by atoms with Crippen molar-refractivity contribution in [3.63, 3.8) is 0 Å². The maximum Gasteiger partial charge on any atom is 0.260 e. The largest absolute Gasteiger partial charge is 0.360 e. The third-order valence-electron chi connectivity index (χ3n) is 3.51. The zero-order valence-electron chi connectivity index (χ0n) is 11.6. The van der Waals surface area contributed by atoms with Crippen molar-refractivity contribution in [2.45, 2.75) is 6.92 Å². The topological polar surface area (TPSA) is 36.1 Å². The van der Waals surface area contributed by atoms with Crippen molar-refractivity contribution in [3.05, 3.63) is 65.9 Å². The van der Waals surface area contributed by atoms with Gasteiger partial charge in [-0.25, -0.2) is 0 Å². The maximum atomic E-state index is 12.6. The first-order chi connectivity index (χ1) is 9.66. The Labute approximate surface area is 117 Å². The van der Waals surface area contributed by atoms with Crippen molar-refractivity contribution < 1.29 is 4.79 Å². The number of benzene rings is 2. The molecule has 1 aromatic heterocycles. The minimum Gasteiger partial charge on any atom is -0.360 e. The monoisotopic (exact) mass is 264 g/mol. The molecule has 3 rings (SSSR count). The fourth-order valence-electron chi connectivity index (χ4n) is 2.38. The van der Waals surface area contributed by atoms with Gasteiger partial charge in [0, 0.05) is 29.8 Å². The number of anilines is 1. The highest BCUT2D eigenvalue weighted by Crippen LogP contribution is 2.22. The van der Waals surface area contributed by atoms with Gasteiger partial charge in [0.05, 0.1) is 5.56 Å². The van der Waals surface area contributed by atoms with E-state index in [-0.39, 0.29) is 5.91 Å². The van der Waals surface area contributed by atoms with Gasteiger partial charge in [-0.3, -0.25) is 4.79 Å². The molecule has 100 valence electrons. The molecule has 0 fully saturated rings. The number of aromatic nitrogens is 1. The van der Waals surface area contributed by atoms with Gasteiger partial charge in [0.1, 0.15) is 0 Å². The molecule has 0 radical (unpaired) electrons. The van der Waals surface area contributed by atoms with E-state index in [0.717, 1.165) is 22.2 Å². The van der Waals surface area contributed by atoms with E-state index in [1.165, 1.54) is 0 Å². The molecule has 0 saturated carbocycles. The second kappa shape index (κ2) is 4.85. The molecule has 20 heavy (non-hydrogen) atoms. The van der Waals surface area contributed by atoms with Gasteiger partial charge in [0.25, 0.3) is 5.91 Å². The van der Waals surface area contributed by atoms with Crippen LogP contribution in [0.4, 0.5) is 5.69 Å². The summed E-state index contributed by atoms with van der Waals surface area (Å²) in [5.41, 5.74) is 3.72. The lowest BCUT2D eigenvalue weighted by molar-refractivity contribution is 0.0994. The van der Waals surface area contributed by atoms with Crippen LogP contribution < -0.4 is 4.90 Å². The van der Waals surface area contributed by atoms with Crippen molar-refractivity contribution in [3.8, 4) is 0 Å². The van der Waals surface area contributed by atoms with E-state index in [9.17, 15) is 4.79 Å². The molecule has 3 nitrogen and oxygen atoms in total. The number of aryl methyl sites for hydroxylation is 1. The first kappa shape index (κ1) is 12.5. The third-order valence-corrected chi connectivity index (χ3v) is 3.51. The van der Waals surface area contributed by atoms with Gasteiger partial charge >= 0.3 is 0 Å². The molecule has 1 N–H and O–H groups in total. The van der Waals surface area contributed by atoms with E-state index in [1.54, 1.807) is 18.1 Å². The highest BCUT2D eigenvalue weighted by atomic mass is 16.2. The Kier molecular flexibility index (Phi) is 3.03. The molecule has 3 aromatic rings. The van der Waals surface area contributed by atoms with Crippen LogP contribution in [0.25, 0.3) is 10.9 Å². The van der Waals surface area contributed by atoms with Gasteiger partial charge in [-0.1, -0.05) is 30.3 Å². The second-order valence-corrected chi connectivity index (χ2v) is 4.95. The van der Waals surface area contributed by atoms with Crippen LogP contribution in [0.5, 0.6) is 0 Å². The van der Waals surface area contributed by atoms with E-state index in [1.807, 2.05) is 55.5 Å². The average molecular weight is 264 g/mol. The molecule has 3 heteroatoms. The Morgan fingerprint density at radius 3 is 2.70 bits per heavy atom. The number of hydrogen-bond donors (Lipinski definition) is 1.